The summed E-state index contributed by atoms with van der Waals surface area (Å²) in [4.78, 5) is 11.8. The van der Waals surface area contributed by atoms with Gasteiger partial charge in [0.15, 0.2) is 0 Å². The molecule has 2 aromatic carbocycles. The average Bonchev–Trinajstić information content (AvgIpc) is 2.58. The van der Waals surface area contributed by atoms with E-state index in [0.717, 1.165) is 11.3 Å². The van der Waals surface area contributed by atoms with Crippen molar-refractivity contribution in [3.8, 4) is 5.75 Å². The van der Waals surface area contributed by atoms with Crippen molar-refractivity contribution in [2.45, 2.75) is 32.8 Å². The molecule has 0 spiro atoms. The molecule has 0 radical (unpaired) electrons. The molecule has 0 aliphatic rings. The lowest BCUT2D eigenvalue weighted by Crippen LogP contribution is -2.26. The zero-order chi connectivity index (χ0) is 17.6. The van der Waals surface area contributed by atoms with E-state index in [1.54, 1.807) is 12.1 Å². The molecule has 2 N–H and O–H groups in total. The van der Waals surface area contributed by atoms with Crippen molar-refractivity contribution in [1.82, 2.24) is 5.32 Å². The molecule has 4 heteroatoms. The van der Waals surface area contributed by atoms with E-state index in [-0.39, 0.29) is 24.5 Å². The van der Waals surface area contributed by atoms with Crippen LogP contribution in [0.25, 0.3) is 0 Å². The van der Waals surface area contributed by atoms with Crippen LogP contribution in [0.3, 0.4) is 0 Å². The Morgan fingerprint density at radius 2 is 1.67 bits per heavy atom. The van der Waals surface area contributed by atoms with Crippen molar-refractivity contribution in [2.75, 3.05) is 13.2 Å². The number of nitrogens with one attached hydrogen (secondary N) is 1. The summed E-state index contributed by atoms with van der Waals surface area (Å²) in [5, 5.41) is 11.3. The summed E-state index contributed by atoms with van der Waals surface area (Å²) in [5.74, 6) is 0.641. The molecule has 24 heavy (non-hydrogen) atoms. The number of rotatable bonds is 6. The van der Waals surface area contributed by atoms with Crippen LogP contribution < -0.4 is 10.1 Å². The van der Waals surface area contributed by atoms with Gasteiger partial charge in [0.2, 0.25) is 0 Å². The van der Waals surface area contributed by atoms with Gasteiger partial charge in [0.25, 0.3) is 5.91 Å². The summed E-state index contributed by atoms with van der Waals surface area (Å²) in [6, 6.07) is 15.4. The molecule has 0 bridgehead atoms. The maximum atomic E-state index is 11.8. The molecule has 0 saturated heterocycles. The summed E-state index contributed by atoms with van der Waals surface area (Å²) in [7, 11) is 0. The van der Waals surface area contributed by atoms with E-state index in [0.29, 0.717) is 12.2 Å². The molecule has 2 rings (SSSR count). The molecule has 0 aliphatic heterocycles. The largest absolute Gasteiger partial charge is 0.489 e. The van der Waals surface area contributed by atoms with Crippen molar-refractivity contribution in [2.24, 2.45) is 0 Å². The Labute approximate surface area is 143 Å². The van der Waals surface area contributed by atoms with Crippen LogP contribution in [0.1, 0.15) is 42.3 Å². The lowest BCUT2D eigenvalue weighted by molar-refractivity contribution is 0.0944. The normalized spacial score (nSPS) is 11.2. The van der Waals surface area contributed by atoms with E-state index in [2.05, 4.69) is 38.2 Å². The Morgan fingerprint density at radius 3 is 2.21 bits per heavy atom. The second-order valence-corrected chi connectivity index (χ2v) is 6.74. The molecule has 128 valence electrons. The minimum Gasteiger partial charge on any atom is -0.489 e. The van der Waals surface area contributed by atoms with Gasteiger partial charge < -0.3 is 15.2 Å². The van der Waals surface area contributed by atoms with Crippen molar-refractivity contribution < 1.29 is 14.6 Å². The van der Waals surface area contributed by atoms with E-state index in [1.807, 2.05) is 24.3 Å². The summed E-state index contributed by atoms with van der Waals surface area (Å²) in [6.07, 6.45) is 0. The van der Waals surface area contributed by atoms with Crippen LogP contribution in [0.2, 0.25) is 0 Å². The quantitative estimate of drug-likeness (QED) is 0.856. The molecule has 0 heterocycles. The van der Waals surface area contributed by atoms with Crippen molar-refractivity contribution >= 4 is 5.91 Å². The van der Waals surface area contributed by atoms with Gasteiger partial charge in [0.05, 0.1) is 6.61 Å². The molecule has 0 atom stereocenters. The summed E-state index contributed by atoms with van der Waals surface area (Å²) in [5.41, 5.74) is 2.97. The first-order valence-electron chi connectivity index (χ1n) is 8.11. The van der Waals surface area contributed by atoms with Gasteiger partial charge in [-0.3, -0.25) is 4.79 Å². The third-order valence-corrected chi connectivity index (χ3v) is 3.74. The van der Waals surface area contributed by atoms with Gasteiger partial charge in [0.1, 0.15) is 12.4 Å². The van der Waals surface area contributed by atoms with Crippen LogP contribution in [0.5, 0.6) is 5.75 Å². The van der Waals surface area contributed by atoms with Gasteiger partial charge in [0, 0.05) is 12.1 Å². The lowest BCUT2D eigenvalue weighted by Gasteiger charge is -2.19. The third kappa shape index (κ3) is 5.10. The number of aliphatic hydroxyl groups is 1. The first kappa shape index (κ1) is 18.0. The third-order valence-electron chi connectivity index (χ3n) is 3.74. The predicted octanol–water partition coefficient (Wildman–Crippen LogP) is 3.29. The Hall–Kier alpha value is -2.33. The van der Waals surface area contributed by atoms with Crippen molar-refractivity contribution in [3.63, 3.8) is 0 Å². The minimum absolute atomic E-state index is 0.0638. The Balaban J connectivity index is 1.91. The number of amides is 1. The number of hydrogen-bond acceptors (Lipinski definition) is 3. The van der Waals surface area contributed by atoms with Crippen molar-refractivity contribution in [3.05, 3.63) is 65.2 Å². The SMILES string of the molecule is CC(C)(C)c1ccc(OCc2ccc(C(=O)NCCO)cc2)cc1. The molecule has 2 aromatic rings. The zero-order valence-electron chi connectivity index (χ0n) is 14.5. The second kappa shape index (κ2) is 7.97. The molecule has 4 nitrogen and oxygen atoms in total. The average molecular weight is 327 g/mol. The molecule has 0 aliphatic carbocycles. The second-order valence-electron chi connectivity index (χ2n) is 6.74. The number of hydrogen-bond donors (Lipinski definition) is 2. The molecular weight excluding hydrogens is 302 g/mol. The number of aliphatic hydroxyl groups excluding tert-OH is 1. The van der Waals surface area contributed by atoms with Crippen LogP contribution >= 0.6 is 0 Å². The highest BCUT2D eigenvalue weighted by Gasteiger charge is 2.13. The molecule has 0 saturated carbocycles. The van der Waals surface area contributed by atoms with Gasteiger partial charge in [-0.1, -0.05) is 45.0 Å². The predicted molar refractivity (Wildman–Crippen MR) is 95.3 cm³/mol. The van der Waals surface area contributed by atoms with Gasteiger partial charge in [-0.2, -0.15) is 0 Å². The van der Waals surface area contributed by atoms with Gasteiger partial charge in [-0.15, -0.1) is 0 Å². The fraction of sp³-hybridized carbons (Fsp3) is 0.350. The Kier molecular flexibility index (Phi) is 5.99. The smallest absolute Gasteiger partial charge is 0.251 e. The number of ether oxygens (including phenoxy) is 1. The van der Waals surface area contributed by atoms with Gasteiger partial charge >= 0.3 is 0 Å². The molecule has 0 aromatic heterocycles. The molecule has 0 unspecified atom stereocenters. The zero-order valence-corrected chi connectivity index (χ0v) is 14.5. The fourth-order valence-corrected chi connectivity index (χ4v) is 2.24. The number of carbonyl (C=O) groups is 1. The first-order valence-corrected chi connectivity index (χ1v) is 8.11. The standard InChI is InChI=1S/C20H25NO3/c1-20(2,3)17-8-10-18(11-9-17)24-14-15-4-6-16(7-5-15)19(23)21-12-13-22/h4-11,22H,12-14H2,1-3H3,(H,21,23). The number of carbonyl (C=O) groups excluding carboxylic acids is 1. The first-order chi connectivity index (χ1) is 11.4. The van der Waals surface area contributed by atoms with E-state index in [4.69, 9.17) is 9.84 Å². The highest BCUT2D eigenvalue weighted by Crippen LogP contribution is 2.24. The fourth-order valence-electron chi connectivity index (χ4n) is 2.24. The summed E-state index contributed by atoms with van der Waals surface area (Å²) in [6.45, 7) is 7.19. The van der Waals surface area contributed by atoms with Crippen LogP contribution in [0.15, 0.2) is 48.5 Å². The highest BCUT2D eigenvalue weighted by atomic mass is 16.5. The monoisotopic (exact) mass is 327 g/mol. The van der Waals surface area contributed by atoms with Crippen molar-refractivity contribution in [1.29, 1.82) is 0 Å². The van der Waals surface area contributed by atoms with E-state index >= 15 is 0 Å². The summed E-state index contributed by atoms with van der Waals surface area (Å²) >= 11 is 0. The minimum atomic E-state index is -0.186. The molecule has 0 fully saturated rings. The summed E-state index contributed by atoms with van der Waals surface area (Å²) < 4.78 is 5.79. The van der Waals surface area contributed by atoms with E-state index in [1.165, 1.54) is 5.56 Å². The van der Waals surface area contributed by atoms with Gasteiger partial charge in [-0.25, -0.2) is 0 Å². The topological polar surface area (TPSA) is 58.6 Å². The molecular formula is C20H25NO3. The maximum absolute atomic E-state index is 11.8. The van der Waals surface area contributed by atoms with Gasteiger partial charge in [-0.05, 0) is 40.8 Å². The van der Waals surface area contributed by atoms with Crippen LogP contribution in [0.4, 0.5) is 0 Å². The van der Waals surface area contributed by atoms with Crippen LogP contribution in [0, 0.1) is 0 Å². The van der Waals surface area contributed by atoms with Crippen LogP contribution in [-0.2, 0) is 12.0 Å². The Morgan fingerprint density at radius 1 is 1.04 bits per heavy atom. The van der Waals surface area contributed by atoms with E-state index < -0.39 is 0 Å². The van der Waals surface area contributed by atoms with Crippen LogP contribution in [-0.4, -0.2) is 24.2 Å². The Bertz CT molecular complexity index is 655. The maximum Gasteiger partial charge on any atom is 0.251 e. The lowest BCUT2D eigenvalue weighted by atomic mass is 9.87. The highest BCUT2D eigenvalue weighted by molar-refractivity contribution is 5.94. The van der Waals surface area contributed by atoms with E-state index in [9.17, 15) is 4.79 Å². The molecule has 1 amide bonds. The number of benzene rings is 2.